The van der Waals surface area contributed by atoms with E-state index in [1.807, 2.05) is 7.05 Å². The average molecular weight is 408 g/mol. The van der Waals surface area contributed by atoms with E-state index in [9.17, 15) is 4.79 Å². The van der Waals surface area contributed by atoms with Crippen LogP contribution in [0.25, 0.3) is 0 Å². The monoisotopic (exact) mass is 407 g/mol. The smallest absolute Gasteiger partial charge is 0.223 e. The normalized spacial score (nSPS) is 14.5. The first-order valence-corrected chi connectivity index (χ1v) is 8.66. The van der Waals surface area contributed by atoms with Crippen molar-refractivity contribution >= 4 is 36.6 Å². The molecule has 2 aromatic rings. The minimum atomic E-state index is -0.116. The second-order valence-corrected chi connectivity index (χ2v) is 6.55. The van der Waals surface area contributed by atoms with E-state index in [1.54, 1.807) is 24.0 Å². The summed E-state index contributed by atoms with van der Waals surface area (Å²) < 4.78 is 7.04. The number of piperidine rings is 1. The summed E-state index contributed by atoms with van der Waals surface area (Å²) >= 11 is 1.57. The Balaban J connectivity index is 0.00000156. The van der Waals surface area contributed by atoms with E-state index in [4.69, 9.17) is 4.74 Å². The summed E-state index contributed by atoms with van der Waals surface area (Å²) in [4.78, 5) is 14.8. The van der Waals surface area contributed by atoms with E-state index in [1.165, 1.54) is 7.11 Å². The molecular weight excluding hydrogens is 385 g/mol. The van der Waals surface area contributed by atoms with Crippen molar-refractivity contribution in [1.29, 1.82) is 0 Å². The van der Waals surface area contributed by atoms with Crippen molar-refractivity contribution < 1.29 is 4.74 Å². The number of nitrogens with zero attached hydrogens (tertiary/aromatic N) is 3. The number of hydrogen-bond acceptors (Lipinski definition) is 6. The van der Waals surface area contributed by atoms with Gasteiger partial charge < -0.3 is 19.6 Å². The van der Waals surface area contributed by atoms with E-state index in [-0.39, 0.29) is 30.2 Å². The van der Waals surface area contributed by atoms with Gasteiger partial charge in [-0.1, -0.05) is 11.8 Å². The number of pyridine rings is 1. The molecule has 0 aromatic carbocycles. The Morgan fingerprint density at radius 1 is 1.32 bits per heavy atom. The van der Waals surface area contributed by atoms with Gasteiger partial charge in [0.2, 0.25) is 5.43 Å². The molecule has 2 aromatic heterocycles. The second kappa shape index (κ2) is 10.1. The van der Waals surface area contributed by atoms with Crippen LogP contribution in [0.15, 0.2) is 22.2 Å². The number of aromatic nitrogens is 4. The highest BCUT2D eigenvalue weighted by molar-refractivity contribution is 7.98. The van der Waals surface area contributed by atoms with Crippen LogP contribution in [0.4, 0.5) is 0 Å². The third-order valence-corrected chi connectivity index (χ3v) is 5.16. The van der Waals surface area contributed by atoms with Gasteiger partial charge in [-0.25, -0.2) is 0 Å². The molecule has 0 radical (unpaired) electrons. The Bertz CT molecular complexity index is 731. The quantitative estimate of drug-likeness (QED) is 0.738. The van der Waals surface area contributed by atoms with Gasteiger partial charge in [0, 0.05) is 36.7 Å². The molecule has 3 heterocycles. The van der Waals surface area contributed by atoms with Gasteiger partial charge in [0.1, 0.15) is 5.82 Å². The van der Waals surface area contributed by atoms with Crippen LogP contribution in [0.5, 0.6) is 5.75 Å². The maximum atomic E-state index is 11.8. The van der Waals surface area contributed by atoms with Crippen LogP contribution >= 0.6 is 36.6 Å². The number of rotatable bonds is 5. The van der Waals surface area contributed by atoms with Crippen molar-refractivity contribution in [3.8, 4) is 5.75 Å². The lowest BCUT2D eigenvalue weighted by atomic mass is 9.97. The molecule has 140 valence electrons. The lowest BCUT2D eigenvalue weighted by Gasteiger charge is -2.21. The van der Waals surface area contributed by atoms with Crippen molar-refractivity contribution in [3.63, 3.8) is 0 Å². The number of aromatic amines is 1. The summed E-state index contributed by atoms with van der Waals surface area (Å²) in [6.45, 7) is 2.07. The summed E-state index contributed by atoms with van der Waals surface area (Å²) in [5.41, 5.74) is 0.724. The molecular formula is C15H23Cl2N5O2S. The number of methoxy groups -OCH3 is 1. The third kappa shape index (κ3) is 5.13. The highest BCUT2D eigenvalue weighted by Crippen LogP contribution is 2.27. The van der Waals surface area contributed by atoms with E-state index >= 15 is 0 Å². The van der Waals surface area contributed by atoms with E-state index in [0.717, 1.165) is 42.6 Å². The number of thioether (sulfide) groups is 1. The fraction of sp³-hybridized carbons (Fsp3) is 0.533. The molecule has 3 rings (SSSR count). The molecule has 0 atom stereocenters. The highest BCUT2D eigenvalue weighted by Gasteiger charge is 2.21. The fourth-order valence-corrected chi connectivity index (χ4v) is 3.61. The summed E-state index contributed by atoms with van der Waals surface area (Å²) in [5.74, 6) is 2.49. The van der Waals surface area contributed by atoms with Crippen molar-refractivity contribution in [1.82, 2.24) is 25.1 Å². The zero-order valence-corrected chi connectivity index (χ0v) is 16.6. The van der Waals surface area contributed by atoms with Gasteiger partial charge in [0.25, 0.3) is 0 Å². The average Bonchev–Trinajstić information content (AvgIpc) is 2.94. The summed E-state index contributed by atoms with van der Waals surface area (Å²) in [7, 11) is 3.50. The van der Waals surface area contributed by atoms with Gasteiger partial charge >= 0.3 is 0 Å². The topological polar surface area (TPSA) is 84.8 Å². The molecule has 25 heavy (non-hydrogen) atoms. The Kier molecular flexibility index (Phi) is 8.78. The van der Waals surface area contributed by atoms with Gasteiger partial charge in [-0.15, -0.1) is 35.0 Å². The van der Waals surface area contributed by atoms with Gasteiger partial charge in [-0.2, -0.15) is 0 Å². The fourth-order valence-electron chi connectivity index (χ4n) is 2.77. The summed E-state index contributed by atoms with van der Waals surface area (Å²) in [5, 5.41) is 12.9. The standard InChI is InChI=1S/C15H21N5O2S.2ClH/c1-20-14(10-3-5-16-6-4-10)18-19-15(20)23-9-11-7-12(21)13(22-2)8-17-11;;/h7-8,10,16H,3-6,9H2,1-2H3,(H,17,21);2*1H. The van der Waals surface area contributed by atoms with Crippen LogP contribution in [-0.4, -0.2) is 39.9 Å². The second-order valence-electron chi connectivity index (χ2n) is 5.60. The predicted molar refractivity (Wildman–Crippen MR) is 104 cm³/mol. The third-order valence-electron chi connectivity index (χ3n) is 4.09. The minimum Gasteiger partial charge on any atom is -0.491 e. The van der Waals surface area contributed by atoms with Crippen LogP contribution in [-0.2, 0) is 12.8 Å². The molecule has 1 aliphatic rings. The van der Waals surface area contributed by atoms with Crippen molar-refractivity contribution in [2.24, 2.45) is 7.05 Å². The van der Waals surface area contributed by atoms with E-state index < -0.39 is 0 Å². The number of hydrogen-bond donors (Lipinski definition) is 2. The van der Waals surface area contributed by atoms with Crippen LogP contribution in [0.1, 0.15) is 30.3 Å². The van der Waals surface area contributed by atoms with Crippen molar-refractivity contribution in [2.75, 3.05) is 20.2 Å². The molecule has 7 nitrogen and oxygen atoms in total. The first kappa shape index (κ1) is 21.8. The number of nitrogens with one attached hydrogen (secondary N) is 2. The molecule has 10 heteroatoms. The number of H-pyrrole nitrogens is 1. The molecule has 0 bridgehead atoms. The Morgan fingerprint density at radius 3 is 2.68 bits per heavy atom. The van der Waals surface area contributed by atoms with Gasteiger partial charge in [-0.3, -0.25) is 4.79 Å². The summed E-state index contributed by atoms with van der Waals surface area (Å²) in [6, 6.07) is 1.57. The first-order chi connectivity index (χ1) is 11.2. The van der Waals surface area contributed by atoms with Crippen LogP contribution in [0, 0.1) is 0 Å². The predicted octanol–water partition coefficient (Wildman–Crippen LogP) is 2.11. The van der Waals surface area contributed by atoms with Crippen molar-refractivity contribution in [2.45, 2.75) is 29.7 Å². The molecule has 0 amide bonds. The lowest BCUT2D eigenvalue weighted by molar-refractivity contribution is 0.408. The highest BCUT2D eigenvalue weighted by atomic mass is 35.5. The maximum Gasteiger partial charge on any atom is 0.223 e. The van der Waals surface area contributed by atoms with Gasteiger partial charge in [0.15, 0.2) is 10.9 Å². The van der Waals surface area contributed by atoms with Gasteiger partial charge in [-0.05, 0) is 25.9 Å². The first-order valence-electron chi connectivity index (χ1n) is 7.67. The SMILES string of the molecule is COc1c[nH]c(CSc2nnc(C3CCNCC3)n2C)cc1=O.Cl.Cl. The largest absolute Gasteiger partial charge is 0.491 e. The molecule has 0 saturated carbocycles. The molecule has 0 aliphatic carbocycles. The summed E-state index contributed by atoms with van der Waals surface area (Å²) in [6.07, 6.45) is 3.79. The Labute approximate surface area is 163 Å². The molecule has 2 N–H and O–H groups in total. The molecule has 1 fully saturated rings. The molecule has 0 unspecified atom stereocenters. The zero-order valence-electron chi connectivity index (χ0n) is 14.2. The molecule has 1 aliphatic heterocycles. The maximum absolute atomic E-state index is 11.8. The lowest BCUT2D eigenvalue weighted by Crippen LogP contribution is -2.27. The molecule has 0 spiro atoms. The van der Waals surface area contributed by atoms with E-state index in [0.29, 0.717) is 17.4 Å². The zero-order chi connectivity index (χ0) is 16.2. The van der Waals surface area contributed by atoms with E-state index in [2.05, 4.69) is 25.1 Å². The Hall–Kier alpha value is -1.22. The Morgan fingerprint density at radius 2 is 2.04 bits per heavy atom. The van der Waals surface area contributed by atoms with Crippen LogP contribution in [0.3, 0.4) is 0 Å². The number of ether oxygens (including phenoxy) is 1. The van der Waals surface area contributed by atoms with Crippen LogP contribution < -0.4 is 15.5 Å². The molecule has 1 saturated heterocycles. The van der Waals surface area contributed by atoms with Crippen molar-refractivity contribution in [3.05, 3.63) is 34.0 Å². The number of halogens is 2. The van der Waals surface area contributed by atoms with Crippen LogP contribution in [0.2, 0.25) is 0 Å². The van der Waals surface area contributed by atoms with Gasteiger partial charge in [0.05, 0.1) is 7.11 Å². The minimum absolute atomic E-state index is 0.